The van der Waals surface area contributed by atoms with Crippen LogP contribution in [0.2, 0.25) is 0 Å². The molecule has 0 heterocycles. The zero-order valence-corrected chi connectivity index (χ0v) is 7.92. The lowest BCUT2D eigenvalue weighted by Gasteiger charge is -2.25. The zero-order chi connectivity index (χ0) is 8.81. The SMILES string of the molecule is CCCN(CC#N)C1CCCC1. The first-order chi connectivity index (χ1) is 5.88. The lowest BCUT2D eigenvalue weighted by molar-refractivity contribution is 0.223. The molecule has 1 saturated carbocycles. The summed E-state index contributed by atoms with van der Waals surface area (Å²) in [7, 11) is 0. The predicted molar refractivity (Wildman–Crippen MR) is 49.7 cm³/mol. The summed E-state index contributed by atoms with van der Waals surface area (Å²) >= 11 is 0. The molecule has 0 aromatic rings. The molecule has 0 N–H and O–H groups in total. The van der Waals surface area contributed by atoms with Gasteiger partial charge in [0.05, 0.1) is 12.6 Å². The fourth-order valence-electron chi connectivity index (χ4n) is 2.04. The van der Waals surface area contributed by atoms with Gasteiger partial charge in [0.2, 0.25) is 0 Å². The van der Waals surface area contributed by atoms with Crippen LogP contribution in [-0.4, -0.2) is 24.0 Å². The molecule has 1 rings (SSSR count). The van der Waals surface area contributed by atoms with Gasteiger partial charge in [-0.2, -0.15) is 5.26 Å². The lowest BCUT2D eigenvalue weighted by atomic mass is 10.2. The van der Waals surface area contributed by atoms with Gasteiger partial charge in [0.1, 0.15) is 0 Å². The molecule has 0 radical (unpaired) electrons. The van der Waals surface area contributed by atoms with Crippen molar-refractivity contribution >= 4 is 0 Å². The van der Waals surface area contributed by atoms with E-state index in [9.17, 15) is 0 Å². The van der Waals surface area contributed by atoms with Crippen molar-refractivity contribution < 1.29 is 0 Å². The molecule has 0 aromatic carbocycles. The Bertz CT molecular complexity index is 154. The molecular formula is C10H18N2. The van der Waals surface area contributed by atoms with Crippen LogP contribution in [0.15, 0.2) is 0 Å². The Labute approximate surface area is 75.2 Å². The van der Waals surface area contributed by atoms with Crippen molar-refractivity contribution in [1.82, 2.24) is 4.90 Å². The van der Waals surface area contributed by atoms with Crippen LogP contribution in [0, 0.1) is 11.3 Å². The lowest BCUT2D eigenvalue weighted by Crippen LogP contribution is -2.34. The quantitative estimate of drug-likeness (QED) is 0.598. The fourth-order valence-corrected chi connectivity index (χ4v) is 2.04. The predicted octanol–water partition coefficient (Wildman–Crippen LogP) is 2.16. The van der Waals surface area contributed by atoms with Crippen LogP contribution < -0.4 is 0 Å². The Kier molecular flexibility index (Phi) is 4.10. The minimum Gasteiger partial charge on any atom is -0.288 e. The monoisotopic (exact) mass is 166 g/mol. The van der Waals surface area contributed by atoms with Gasteiger partial charge < -0.3 is 0 Å². The molecule has 0 spiro atoms. The molecule has 2 nitrogen and oxygen atoms in total. The van der Waals surface area contributed by atoms with Crippen LogP contribution in [0.1, 0.15) is 39.0 Å². The Balaban J connectivity index is 2.35. The Hall–Kier alpha value is -0.550. The maximum absolute atomic E-state index is 8.63. The van der Waals surface area contributed by atoms with Gasteiger partial charge in [0.25, 0.3) is 0 Å². The van der Waals surface area contributed by atoms with E-state index >= 15 is 0 Å². The molecule has 0 aromatic heterocycles. The van der Waals surface area contributed by atoms with E-state index in [1.807, 2.05) is 0 Å². The summed E-state index contributed by atoms with van der Waals surface area (Å²) in [5, 5.41) is 8.63. The molecule has 0 atom stereocenters. The van der Waals surface area contributed by atoms with Crippen molar-refractivity contribution in [3.05, 3.63) is 0 Å². The van der Waals surface area contributed by atoms with Gasteiger partial charge in [-0.1, -0.05) is 19.8 Å². The van der Waals surface area contributed by atoms with Gasteiger partial charge in [0, 0.05) is 6.04 Å². The summed E-state index contributed by atoms with van der Waals surface area (Å²) in [5.41, 5.74) is 0. The van der Waals surface area contributed by atoms with Gasteiger partial charge in [0.15, 0.2) is 0 Å². The second kappa shape index (κ2) is 5.16. The third kappa shape index (κ3) is 2.49. The van der Waals surface area contributed by atoms with Crippen molar-refractivity contribution in [2.24, 2.45) is 0 Å². The molecule has 0 amide bonds. The number of hydrogen-bond donors (Lipinski definition) is 0. The van der Waals surface area contributed by atoms with E-state index in [0.717, 1.165) is 13.0 Å². The summed E-state index contributed by atoms with van der Waals surface area (Å²) in [6, 6.07) is 2.97. The standard InChI is InChI=1S/C10H18N2/c1-2-8-12(9-7-11)10-5-3-4-6-10/h10H,2-6,8-9H2,1H3. The van der Waals surface area contributed by atoms with Crippen LogP contribution in [-0.2, 0) is 0 Å². The molecule has 1 aliphatic rings. The molecular weight excluding hydrogens is 148 g/mol. The molecule has 12 heavy (non-hydrogen) atoms. The number of nitriles is 1. The highest BCUT2D eigenvalue weighted by molar-refractivity contribution is 4.84. The van der Waals surface area contributed by atoms with Crippen molar-refractivity contribution in [2.45, 2.75) is 45.1 Å². The summed E-state index contributed by atoms with van der Waals surface area (Å²) in [6.07, 6.45) is 6.49. The van der Waals surface area contributed by atoms with E-state index in [4.69, 9.17) is 5.26 Å². The molecule has 1 fully saturated rings. The highest BCUT2D eigenvalue weighted by Crippen LogP contribution is 2.23. The van der Waals surface area contributed by atoms with Crippen molar-refractivity contribution in [3.63, 3.8) is 0 Å². The Morgan fingerprint density at radius 2 is 2.08 bits per heavy atom. The van der Waals surface area contributed by atoms with Gasteiger partial charge in [-0.25, -0.2) is 0 Å². The third-order valence-corrected chi connectivity index (χ3v) is 2.63. The van der Waals surface area contributed by atoms with E-state index in [-0.39, 0.29) is 0 Å². The largest absolute Gasteiger partial charge is 0.288 e. The van der Waals surface area contributed by atoms with Gasteiger partial charge in [-0.3, -0.25) is 4.90 Å². The second-order valence-electron chi connectivity index (χ2n) is 3.57. The van der Waals surface area contributed by atoms with E-state index in [0.29, 0.717) is 12.6 Å². The highest BCUT2D eigenvalue weighted by Gasteiger charge is 2.20. The van der Waals surface area contributed by atoms with E-state index in [1.54, 1.807) is 0 Å². The molecule has 2 heteroatoms. The molecule has 1 aliphatic carbocycles. The summed E-state index contributed by atoms with van der Waals surface area (Å²) in [5.74, 6) is 0. The van der Waals surface area contributed by atoms with E-state index in [2.05, 4.69) is 17.9 Å². The van der Waals surface area contributed by atoms with Gasteiger partial charge in [-0.05, 0) is 25.8 Å². The highest BCUT2D eigenvalue weighted by atomic mass is 15.1. The van der Waals surface area contributed by atoms with Crippen molar-refractivity contribution in [3.8, 4) is 6.07 Å². The summed E-state index contributed by atoms with van der Waals surface area (Å²) in [4.78, 5) is 2.34. The van der Waals surface area contributed by atoms with Crippen molar-refractivity contribution in [1.29, 1.82) is 5.26 Å². The smallest absolute Gasteiger partial charge is 0.0868 e. The normalized spacial score (nSPS) is 18.4. The molecule has 0 aliphatic heterocycles. The number of hydrogen-bond acceptors (Lipinski definition) is 2. The molecule has 0 bridgehead atoms. The van der Waals surface area contributed by atoms with Crippen LogP contribution in [0.3, 0.4) is 0 Å². The fraction of sp³-hybridized carbons (Fsp3) is 0.900. The van der Waals surface area contributed by atoms with Gasteiger partial charge in [-0.15, -0.1) is 0 Å². The molecule has 68 valence electrons. The Morgan fingerprint density at radius 3 is 2.58 bits per heavy atom. The first-order valence-electron chi connectivity index (χ1n) is 4.99. The minimum absolute atomic E-state index is 0.624. The minimum atomic E-state index is 0.624. The number of nitrogens with zero attached hydrogens (tertiary/aromatic N) is 2. The molecule has 0 saturated heterocycles. The van der Waals surface area contributed by atoms with Crippen LogP contribution in [0.4, 0.5) is 0 Å². The average molecular weight is 166 g/mol. The maximum Gasteiger partial charge on any atom is 0.0868 e. The summed E-state index contributed by atoms with van der Waals surface area (Å²) < 4.78 is 0. The Morgan fingerprint density at radius 1 is 1.42 bits per heavy atom. The second-order valence-corrected chi connectivity index (χ2v) is 3.57. The average Bonchev–Trinajstić information content (AvgIpc) is 2.56. The maximum atomic E-state index is 8.63. The zero-order valence-electron chi connectivity index (χ0n) is 7.92. The topological polar surface area (TPSA) is 27.0 Å². The van der Waals surface area contributed by atoms with Crippen molar-refractivity contribution in [2.75, 3.05) is 13.1 Å². The van der Waals surface area contributed by atoms with Crippen LogP contribution in [0.5, 0.6) is 0 Å². The third-order valence-electron chi connectivity index (χ3n) is 2.63. The van der Waals surface area contributed by atoms with Gasteiger partial charge >= 0.3 is 0 Å². The van der Waals surface area contributed by atoms with Crippen LogP contribution >= 0.6 is 0 Å². The number of rotatable bonds is 4. The molecule has 0 unspecified atom stereocenters. The first kappa shape index (κ1) is 9.54. The van der Waals surface area contributed by atoms with E-state index < -0.39 is 0 Å². The summed E-state index contributed by atoms with van der Waals surface area (Å²) in [6.45, 7) is 3.90. The van der Waals surface area contributed by atoms with Crippen LogP contribution in [0.25, 0.3) is 0 Å². The first-order valence-corrected chi connectivity index (χ1v) is 4.99. The van der Waals surface area contributed by atoms with E-state index in [1.165, 1.54) is 25.7 Å².